The van der Waals surface area contributed by atoms with Crippen LogP contribution in [0.2, 0.25) is 0 Å². The van der Waals surface area contributed by atoms with Crippen LogP contribution in [0, 0.1) is 0 Å². The Morgan fingerprint density at radius 3 is 2.00 bits per heavy atom. The van der Waals surface area contributed by atoms with Crippen molar-refractivity contribution in [3.63, 3.8) is 0 Å². The fourth-order valence-corrected chi connectivity index (χ4v) is 3.77. The molecular formula is C20H21NS. The maximum Gasteiger partial charge on any atom is 0.0452 e. The van der Waals surface area contributed by atoms with Gasteiger partial charge in [-0.1, -0.05) is 48.5 Å². The highest BCUT2D eigenvalue weighted by Crippen LogP contribution is 2.39. The van der Waals surface area contributed by atoms with Crippen LogP contribution in [0.1, 0.15) is 0 Å². The molecule has 4 rings (SSSR count). The van der Waals surface area contributed by atoms with Gasteiger partial charge in [0.15, 0.2) is 0 Å². The molecule has 0 aliphatic heterocycles. The summed E-state index contributed by atoms with van der Waals surface area (Å²) in [5, 5.41) is 11.8. The molecule has 0 aromatic heterocycles. The maximum absolute atomic E-state index is 3.68. The van der Waals surface area contributed by atoms with Gasteiger partial charge in [0.05, 0.1) is 0 Å². The Labute approximate surface area is 133 Å². The second-order valence-electron chi connectivity index (χ2n) is 6.88. The van der Waals surface area contributed by atoms with E-state index < -0.39 is 10.0 Å². The summed E-state index contributed by atoms with van der Waals surface area (Å²) in [5.41, 5.74) is 1.26. The molecule has 0 bridgehead atoms. The first-order valence-electron chi connectivity index (χ1n) is 7.59. The number of hydrogen-bond acceptors (Lipinski definition) is 1. The third kappa shape index (κ3) is 2.19. The van der Waals surface area contributed by atoms with Crippen LogP contribution in [0.4, 0.5) is 5.69 Å². The first kappa shape index (κ1) is 13.7. The van der Waals surface area contributed by atoms with E-state index in [1.807, 2.05) is 0 Å². The fourth-order valence-electron chi connectivity index (χ4n) is 3.18. The lowest BCUT2D eigenvalue weighted by atomic mass is 9.93. The molecule has 0 amide bonds. The van der Waals surface area contributed by atoms with E-state index >= 15 is 0 Å². The summed E-state index contributed by atoms with van der Waals surface area (Å²) >= 11 is 0. The van der Waals surface area contributed by atoms with Gasteiger partial charge in [-0.25, -0.2) is 10.0 Å². The van der Waals surface area contributed by atoms with Crippen molar-refractivity contribution in [2.24, 2.45) is 0 Å². The van der Waals surface area contributed by atoms with Crippen LogP contribution in [-0.2, 0) is 0 Å². The minimum Gasteiger partial charge on any atom is -0.377 e. The molecule has 0 heterocycles. The molecule has 0 aliphatic carbocycles. The maximum atomic E-state index is 3.68. The van der Waals surface area contributed by atoms with Crippen molar-refractivity contribution in [2.45, 2.75) is 0 Å². The number of anilines is 1. The van der Waals surface area contributed by atoms with Crippen LogP contribution in [0.15, 0.2) is 54.6 Å². The summed E-state index contributed by atoms with van der Waals surface area (Å²) in [6.07, 6.45) is 7.03. The highest BCUT2D eigenvalue weighted by atomic mass is 32.3. The van der Waals surface area contributed by atoms with Gasteiger partial charge in [-0.2, -0.15) is 0 Å². The Kier molecular flexibility index (Phi) is 2.98. The Bertz CT molecular complexity index is 950. The minimum atomic E-state index is -0.563. The molecule has 1 nitrogen and oxygen atoms in total. The summed E-state index contributed by atoms with van der Waals surface area (Å²) in [7, 11) is -0.563. The second-order valence-corrected chi connectivity index (χ2v) is 11.4. The van der Waals surface area contributed by atoms with Gasteiger partial charge in [0.1, 0.15) is 0 Å². The number of nitrogens with one attached hydrogen (secondary N) is 1. The van der Waals surface area contributed by atoms with Crippen molar-refractivity contribution < 1.29 is 0 Å². The fraction of sp³-hybridized carbons (Fsp3) is 0.200. The molecule has 2 heteroatoms. The average molecular weight is 307 g/mol. The highest BCUT2D eigenvalue weighted by Gasteiger charge is 2.11. The minimum absolute atomic E-state index is 0.563. The van der Waals surface area contributed by atoms with E-state index in [1.165, 1.54) is 38.0 Å². The molecule has 22 heavy (non-hydrogen) atoms. The van der Waals surface area contributed by atoms with E-state index in [9.17, 15) is 0 Å². The van der Waals surface area contributed by atoms with Crippen LogP contribution in [0.25, 0.3) is 32.3 Å². The van der Waals surface area contributed by atoms with Gasteiger partial charge in [0.25, 0.3) is 0 Å². The van der Waals surface area contributed by atoms with Gasteiger partial charge in [-0.3, -0.25) is 0 Å². The molecule has 0 fully saturated rings. The Morgan fingerprint density at radius 2 is 1.32 bits per heavy atom. The first-order chi connectivity index (χ1) is 10.5. The molecule has 4 aromatic rings. The molecule has 1 N–H and O–H groups in total. The molecule has 0 saturated heterocycles. The van der Waals surface area contributed by atoms with E-state index in [0.717, 1.165) is 5.88 Å². The third-order valence-corrected chi connectivity index (χ3v) is 5.23. The van der Waals surface area contributed by atoms with Crippen molar-refractivity contribution in [1.29, 1.82) is 0 Å². The quantitative estimate of drug-likeness (QED) is 0.482. The van der Waals surface area contributed by atoms with Gasteiger partial charge < -0.3 is 5.32 Å². The number of hydrogen-bond donors (Lipinski definition) is 1. The summed E-state index contributed by atoms with van der Waals surface area (Å²) in [5.74, 6) is 1.05. The lowest BCUT2D eigenvalue weighted by Crippen LogP contribution is -2.09. The van der Waals surface area contributed by atoms with E-state index in [-0.39, 0.29) is 0 Å². The van der Waals surface area contributed by atoms with Gasteiger partial charge >= 0.3 is 0 Å². The second kappa shape index (κ2) is 4.79. The summed E-state index contributed by atoms with van der Waals surface area (Å²) in [6.45, 7) is 0. The molecule has 112 valence electrons. The Balaban J connectivity index is 2.00. The molecule has 0 atom stereocenters. The zero-order chi connectivity index (χ0) is 15.3. The molecule has 0 saturated carbocycles. The SMILES string of the molecule is CS(C)(C)CNc1ccc2ccc3cccc4ccc1c2c34. The van der Waals surface area contributed by atoms with E-state index in [2.05, 4.69) is 78.7 Å². The summed E-state index contributed by atoms with van der Waals surface area (Å²) in [4.78, 5) is 0. The van der Waals surface area contributed by atoms with Crippen LogP contribution >= 0.6 is 10.0 Å². The third-order valence-electron chi connectivity index (χ3n) is 4.22. The Morgan fingerprint density at radius 1 is 0.727 bits per heavy atom. The normalized spacial score (nSPS) is 13.2. The molecule has 0 unspecified atom stereocenters. The van der Waals surface area contributed by atoms with Crippen molar-refractivity contribution in [1.82, 2.24) is 0 Å². The van der Waals surface area contributed by atoms with Gasteiger partial charge in [-0.05, 0) is 51.8 Å². The highest BCUT2D eigenvalue weighted by molar-refractivity contribution is 8.32. The topological polar surface area (TPSA) is 12.0 Å². The first-order valence-corrected chi connectivity index (χ1v) is 10.6. The molecular weight excluding hydrogens is 286 g/mol. The molecule has 0 spiro atoms. The van der Waals surface area contributed by atoms with Crippen LogP contribution < -0.4 is 5.32 Å². The van der Waals surface area contributed by atoms with Gasteiger partial charge in [-0.15, -0.1) is 0 Å². The largest absolute Gasteiger partial charge is 0.377 e. The van der Waals surface area contributed by atoms with Crippen molar-refractivity contribution >= 4 is 48.0 Å². The number of benzene rings is 4. The van der Waals surface area contributed by atoms with E-state index in [1.54, 1.807) is 0 Å². The van der Waals surface area contributed by atoms with E-state index in [0.29, 0.717) is 0 Å². The molecule has 0 aliphatic rings. The summed E-state index contributed by atoms with van der Waals surface area (Å²) in [6, 6.07) is 20.0. The predicted molar refractivity (Wildman–Crippen MR) is 104 cm³/mol. The standard InChI is InChI=1S/C20H21NS/c1-22(2,3)13-21-18-12-10-16-8-7-14-5-4-6-15-9-11-17(18)20(16)19(14)15/h4-12,21H,13H2,1-3H3. The lowest BCUT2D eigenvalue weighted by Gasteiger charge is -2.26. The van der Waals surface area contributed by atoms with Crippen LogP contribution in [-0.4, -0.2) is 24.6 Å². The van der Waals surface area contributed by atoms with Crippen LogP contribution in [0.5, 0.6) is 0 Å². The van der Waals surface area contributed by atoms with Crippen molar-refractivity contribution in [2.75, 3.05) is 30.0 Å². The monoisotopic (exact) mass is 307 g/mol. The molecule has 0 radical (unpaired) electrons. The van der Waals surface area contributed by atoms with Crippen molar-refractivity contribution in [3.8, 4) is 0 Å². The summed E-state index contributed by atoms with van der Waals surface area (Å²) < 4.78 is 0. The van der Waals surface area contributed by atoms with Gasteiger partial charge in [0.2, 0.25) is 0 Å². The predicted octanol–water partition coefficient (Wildman–Crippen LogP) is 5.65. The molecule has 4 aromatic carbocycles. The van der Waals surface area contributed by atoms with Crippen LogP contribution in [0.3, 0.4) is 0 Å². The average Bonchev–Trinajstić information content (AvgIpc) is 2.50. The van der Waals surface area contributed by atoms with Gasteiger partial charge in [0, 0.05) is 17.0 Å². The number of rotatable bonds is 3. The van der Waals surface area contributed by atoms with Crippen molar-refractivity contribution in [3.05, 3.63) is 54.6 Å². The zero-order valence-electron chi connectivity index (χ0n) is 13.3. The van der Waals surface area contributed by atoms with E-state index in [4.69, 9.17) is 0 Å². The Hall–Kier alpha value is -1.93. The lowest BCUT2D eigenvalue weighted by molar-refractivity contribution is 1.47. The zero-order valence-corrected chi connectivity index (χ0v) is 14.1. The smallest absolute Gasteiger partial charge is 0.0452 e.